The van der Waals surface area contributed by atoms with Crippen LogP contribution < -0.4 is 16.2 Å². The van der Waals surface area contributed by atoms with Crippen molar-refractivity contribution in [3.05, 3.63) is 46.2 Å². The first-order valence-corrected chi connectivity index (χ1v) is 11.4. The largest absolute Gasteiger partial charge is 0.390 e. The Morgan fingerprint density at radius 1 is 1.19 bits per heavy atom. The molecule has 0 saturated carbocycles. The number of amides is 1. The molecule has 2 aliphatic rings. The van der Waals surface area contributed by atoms with Crippen molar-refractivity contribution in [2.24, 2.45) is 0 Å². The number of carbonyl (C=O) groups excluding carboxylic acids is 1. The van der Waals surface area contributed by atoms with Crippen LogP contribution in [0.4, 0.5) is 0 Å². The predicted octanol–water partition coefficient (Wildman–Crippen LogP) is 1.89. The summed E-state index contributed by atoms with van der Waals surface area (Å²) in [7, 11) is 1.85. The van der Waals surface area contributed by atoms with Crippen LogP contribution >= 0.6 is 0 Å². The Morgan fingerprint density at radius 2 is 1.87 bits per heavy atom. The molecule has 7 heteroatoms. The third kappa shape index (κ3) is 4.40. The molecule has 2 aromatic rings. The third-order valence-corrected chi connectivity index (χ3v) is 6.79. The van der Waals surface area contributed by atoms with E-state index in [1.165, 1.54) is 0 Å². The second kappa shape index (κ2) is 9.10. The summed E-state index contributed by atoms with van der Waals surface area (Å²) >= 11 is 0. The number of para-hydroxylation sites is 1. The van der Waals surface area contributed by atoms with E-state index in [1.54, 1.807) is 10.6 Å². The molecule has 2 saturated heterocycles. The van der Waals surface area contributed by atoms with Gasteiger partial charge in [0, 0.05) is 37.3 Å². The molecule has 2 aliphatic heterocycles. The first kappa shape index (κ1) is 22.0. The molecule has 1 unspecified atom stereocenters. The summed E-state index contributed by atoms with van der Waals surface area (Å²) in [4.78, 5) is 28.7. The SMILES string of the molecule is CNCC(O)CN1[C@@H]2CC[C@H]1C[C@@H](NC(=O)c1cc3ccccc3n(C(C)C)c1=O)C2. The van der Waals surface area contributed by atoms with E-state index in [2.05, 4.69) is 15.5 Å². The summed E-state index contributed by atoms with van der Waals surface area (Å²) in [6.45, 7) is 5.18. The van der Waals surface area contributed by atoms with Crippen molar-refractivity contribution in [3.63, 3.8) is 0 Å². The maximum absolute atomic E-state index is 13.1. The van der Waals surface area contributed by atoms with Gasteiger partial charge in [-0.2, -0.15) is 0 Å². The fourth-order valence-corrected chi connectivity index (χ4v) is 5.46. The minimum Gasteiger partial charge on any atom is -0.390 e. The van der Waals surface area contributed by atoms with Gasteiger partial charge in [-0.05, 0) is 64.1 Å². The van der Waals surface area contributed by atoms with Crippen molar-refractivity contribution in [2.45, 2.75) is 69.8 Å². The van der Waals surface area contributed by atoms with E-state index in [0.29, 0.717) is 25.2 Å². The van der Waals surface area contributed by atoms with Gasteiger partial charge in [-0.3, -0.25) is 14.5 Å². The van der Waals surface area contributed by atoms with Gasteiger partial charge in [-0.15, -0.1) is 0 Å². The number of carbonyl (C=O) groups is 1. The Labute approximate surface area is 183 Å². The van der Waals surface area contributed by atoms with Gasteiger partial charge in [0.25, 0.3) is 11.5 Å². The van der Waals surface area contributed by atoms with Crippen molar-refractivity contribution in [2.75, 3.05) is 20.1 Å². The number of nitrogens with one attached hydrogen (secondary N) is 2. The van der Waals surface area contributed by atoms with Crippen LogP contribution in [0.2, 0.25) is 0 Å². The number of aliphatic hydroxyl groups is 1. The second-order valence-corrected chi connectivity index (χ2v) is 9.32. The van der Waals surface area contributed by atoms with E-state index in [1.807, 2.05) is 45.2 Å². The number of aliphatic hydroxyl groups excluding tert-OH is 1. The van der Waals surface area contributed by atoms with E-state index in [9.17, 15) is 14.7 Å². The minimum absolute atomic E-state index is 0.0340. The van der Waals surface area contributed by atoms with Crippen molar-refractivity contribution >= 4 is 16.8 Å². The summed E-state index contributed by atoms with van der Waals surface area (Å²) in [5.41, 5.74) is 0.832. The van der Waals surface area contributed by atoms with Crippen LogP contribution in [-0.4, -0.2) is 64.8 Å². The van der Waals surface area contributed by atoms with E-state index in [0.717, 1.165) is 36.6 Å². The lowest BCUT2D eigenvalue weighted by Crippen LogP contribution is -2.53. The van der Waals surface area contributed by atoms with Crippen LogP contribution in [0.1, 0.15) is 55.9 Å². The number of pyridine rings is 1. The first-order chi connectivity index (χ1) is 14.9. The lowest BCUT2D eigenvalue weighted by Gasteiger charge is -2.40. The van der Waals surface area contributed by atoms with Crippen LogP contribution in [0.25, 0.3) is 10.9 Å². The fourth-order valence-electron chi connectivity index (χ4n) is 5.46. The van der Waals surface area contributed by atoms with Gasteiger partial charge in [0.1, 0.15) is 5.56 Å². The molecule has 0 spiro atoms. The topological polar surface area (TPSA) is 86.6 Å². The van der Waals surface area contributed by atoms with E-state index in [4.69, 9.17) is 0 Å². The molecule has 2 fully saturated rings. The zero-order chi connectivity index (χ0) is 22.1. The Kier molecular flexibility index (Phi) is 6.46. The average molecular weight is 427 g/mol. The molecule has 31 heavy (non-hydrogen) atoms. The van der Waals surface area contributed by atoms with Crippen LogP contribution in [0.5, 0.6) is 0 Å². The number of hydrogen-bond donors (Lipinski definition) is 3. The molecule has 3 heterocycles. The summed E-state index contributed by atoms with van der Waals surface area (Å²) in [6, 6.07) is 10.2. The Bertz CT molecular complexity index is 988. The van der Waals surface area contributed by atoms with E-state index >= 15 is 0 Å². The molecule has 3 N–H and O–H groups in total. The molecule has 1 aromatic carbocycles. The highest BCUT2D eigenvalue weighted by Crippen LogP contribution is 2.35. The average Bonchev–Trinajstić information content (AvgIpc) is 2.95. The number of likely N-dealkylation sites (N-methyl/N-ethyl adjacent to an activating group) is 1. The van der Waals surface area contributed by atoms with Gasteiger partial charge in [0.05, 0.1) is 11.6 Å². The summed E-state index contributed by atoms with van der Waals surface area (Å²) in [5, 5.41) is 17.3. The lowest BCUT2D eigenvalue weighted by molar-refractivity contribution is 0.0511. The monoisotopic (exact) mass is 426 g/mol. The quantitative estimate of drug-likeness (QED) is 0.630. The standard InChI is InChI=1S/C24H34N4O3/c1-15(2)28-22-7-5-4-6-16(22)10-21(24(28)31)23(30)26-17-11-18-8-9-19(12-17)27(18)14-20(29)13-25-3/h4-7,10,15,17-20,25,29H,8-9,11-14H2,1-3H3,(H,26,30)/t17-,18+,19-,20?. The van der Waals surface area contributed by atoms with Crippen molar-refractivity contribution < 1.29 is 9.90 Å². The predicted molar refractivity (Wildman–Crippen MR) is 123 cm³/mol. The normalized spacial score (nSPS) is 24.6. The van der Waals surface area contributed by atoms with Gasteiger partial charge in [-0.1, -0.05) is 18.2 Å². The van der Waals surface area contributed by atoms with Crippen molar-refractivity contribution in [3.8, 4) is 0 Å². The zero-order valence-corrected chi connectivity index (χ0v) is 18.7. The van der Waals surface area contributed by atoms with Gasteiger partial charge >= 0.3 is 0 Å². The molecule has 4 rings (SSSR count). The van der Waals surface area contributed by atoms with E-state index in [-0.39, 0.29) is 35.2 Å². The second-order valence-electron chi connectivity index (χ2n) is 9.32. The summed E-state index contributed by atoms with van der Waals surface area (Å²) in [5.74, 6) is -0.279. The molecular formula is C24H34N4O3. The molecule has 0 aliphatic carbocycles. The zero-order valence-electron chi connectivity index (χ0n) is 18.7. The van der Waals surface area contributed by atoms with E-state index < -0.39 is 0 Å². The van der Waals surface area contributed by atoms with Crippen molar-refractivity contribution in [1.29, 1.82) is 0 Å². The molecule has 1 amide bonds. The van der Waals surface area contributed by atoms with Gasteiger partial charge < -0.3 is 20.3 Å². The Morgan fingerprint density at radius 3 is 2.52 bits per heavy atom. The number of benzene rings is 1. The molecular weight excluding hydrogens is 392 g/mol. The summed E-state index contributed by atoms with van der Waals surface area (Å²) < 4.78 is 1.71. The maximum atomic E-state index is 13.1. The minimum atomic E-state index is -0.383. The maximum Gasteiger partial charge on any atom is 0.264 e. The molecule has 168 valence electrons. The number of fused-ring (bicyclic) bond motifs is 3. The Hall–Kier alpha value is -2.22. The number of rotatable bonds is 7. The van der Waals surface area contributed by atoms with Crippen LogP contribution in [0.3, 0.4) is 0 Å². The molecule has 4 atom stereocenters. The third-order valence-electron chi connectivity index (χ3n) is 6.79. The highest BCUT2D eigenvalue weighted by Gasteiger charge is 2.41. The molecule has 1 aromatic heterocycles. The number of aromatic nitrogens is 1. The first-order valence-electron chi connectivity index (χ1n) is 11.4. The smallest absolute Gasteiger partial charge is 0.264 e. The molecule has 0 radical (unpaired) electrons. The number of hydrogen-bond acceptors (Lipinski definition) is 5. The van der Waals surface area contributed by atoms with Gasteiger partial charge in [-0.25, -0.2) is 0 Å². The Balaban J connectivity index is 1.51. The molecule has 7 nitrogen and oxygen atoms in total. The molecule has 2 bridgehead atoms. The highest BCUT2D eigenvalue weighted by atomic mass is 16.3. The highest BCUT2D eigenvalue weighted by molar-refractivity contribution is 5.97. The van der Waals surface area contributed by atoms with Gasteiger partial charge in [0.2, 0.25) is 0 Å². The van der Waals surface area contributed by atoms with Crippen LogP contribution in [0.15, 0.2) is 35.1 Å². The number of piperidine rings is 1. The lowest BCUT2D eigenvalue weighted by atomic mass is 9.96. The van der Waals surface area contributed by atoms with Gasteiger partial charge in [0.15, 0.2) is 0 Å². The fraction of sp³-hybridized carbons (Fsp3) is 0.583. The van der Waals surface area contributed by atoms with Crippen LogP contribution in [-0.2, 0) is 0 Å². The number of nitrogens with zero attached hydrogens (tertiary/aromatic N) is 2. The van der Waals surface area contributed by atoms with Crippen LogP contribution in [0, 0.1) is 0 Å². The summed E-state index contributed by atoms with van der Waals surface area (Å²) in [6.07, 6.45) is 3.53. The van der Waals surface area contributed by atoms with Crippen molar-refractivity contribution in [1.82, 2.24) is 20.1 Å².